The number of hydrogen-bond donors (Lipinski definition) is 0. The average Bonchev–Trinajstić information content (AvgIpc) is 3.20. The molecule has 138 valence electrons. The lowest BCUT2D eigenvalue weighted by atomic mass is 9.69. The molecule has 0 aromatic heterocycles. The first kappa shape index (κ1) is 18.7. The highest BCUT2D eigenvalue weighted by molar-refractivity contribution is 6.81. The Morgan fingerprint density at radius 3 is 2.12 bits per heavy atom. The zero-order valence-electron chi connectivity index (χ0n) is 16.9. The Balaban J connectivity index is 1.89. The minimum absolute atomic E-state index is 0.512. The van der Waals surface area contributed by atoms with Crippen LogP contribution in [0.5, 0.6) is 0 Å². The smallest absolute Gasteiger partial charge is 0.0573 e. The summed E-state index contributed by atoms with van der Waals surface area (Å²) >= 11 is 0. The van der Waals surface area contributed by atoms with Gasteiger partial charge in [-0.25, -0.2) is 0 Å². The number of rotatable bonds is 5. The monoisotopic (exact) mass is 346 g/mol. The van der Waals surface area contributed by atoms with Gasteiger partial charge >= 0.3 is 0 Å². The van der Waals surface area contributed by atoms with Gasteiger partial charge in [0.1, 0.15) is 0 Å². The molecule has 0 aromatic carbocycles. The molecule has 5 atom stereocenters. The average molecular weight is 347 g/mol. The van der Waals surface area contributed by atoms with Crippen molar-refractivity contribution < 1.29 is 0 Å². The van der Waals surface area contributed by atoms with Crippen LogP contribution in [-0.2, 0) is 0 Å². The van der Waals surface area contributed by atoms with E-state index in [-0.39, 0.29) is 0 Å². The molecule has 0 bridgehead atoms. The first-order chi connectivity index (χ1) is 11.4. The molecule has 0 spiro atoms. The van der Waals surface area contributed by atoms with Crippen molar-refractivity contribution in [3.63, 3.8) is 0 Å². The first-order valence-corrected chi connectivity index (χ1v) is 13.8. The molecule has 3 aliphatic rings. The van der Waals surface area contributed by atoms with Crippen LogP contribution in [0.25, 0.3) is 0 Å². The molecule has 0 nitrogen and oxygen atoms in total. The summed E-state index contributed by atoms with van der Waals surface area (Å²) in [6, 6.07) is 1.53. The summed E-state index contributed by atoms with van der Waals surface area (Å²) in [5.41, 5.74) is 2.76. The Hall–Kier alpha value is -0.0431. The van der Waals surface area contributed by atoms with Crippen molar-refractivity contribution in [2.24, 2.45) is 23.2 Å². The van der Waals surface area contributed by atoms with E-state index in [0.717, 1.165) is 28.8 Å². The predicted octanol–water partition coefficient (Wildman–Crippen LogP) is 7.83. The van der Waals surface area contributed by atoms with Crippen LogP contribution in [0, 0.1) is 23.2 Å². The molecule has 0 N–H and O–H groups in total. The molecule has 0 aromatic rings. The Morgan fingerprint density at radius 1 is 0.958 bits per heavy atom. The van der Waals surface area contributed by atoms with Gasteiger partial charge in [-0.3, -0.25) is 0 Å². The third kappa shape index (κ3) is 3.44. The van der Waals surface area contributed by atoms with Gasteiger partial charge in [-0.05, 0) is 53.5 Å². The van der Waals surface area contributed by atoms with Crippen molar-refractivity contribution in [2.75, 3.05) is 0 Å². The molecule has 0 aliphatic heterocycles. The molecule has 3 saturated carbocycles. The number of hydrogen-bond acceptors (Lipinski definition) is 0. The maximum absolute atomic E-state index is 4.07. The second-order valence-electron chi connectivity index (χ2n) is 10.7. The summed E-state index contributed by atoms with van der Waals surface area (Å²) in [4.78, 5) is 0. The number of allylic oxidation sites excluding steroid dienone is 1. The standard InChI is InChI=1S/C23H42Si/c1-6-7-16-24(5,18-12-8-9-13-18)22-17-21(23(2,3)4)19-14-10-11-15-20(19)22/h6,18-22H,1,7-17H2,2-5H3. The molecule has 1 heteroatoms. The van der Waals surface area contributed by atoms with E-state index in [2.05, 4.69) is 40.0 Å². The highest BCUT2D eigenvalue weighted by Crippen LogP contribution is 2.63. The van der Waals surface area contributed by atoms with Crippen LogP contribution in [0.2, 0.25) is 23.7 Å². The molecule has 0 radical (unpaired) electrons. The molecule has 24 heavy (non-hydrogen) atoms. The van der Waals surface area contributed by atoms with Gasteiger partial charge in [-0.2, -0.15) is 0 Å². The fraction of sp³-hybridized carbons (Fsp3) is 0.913. The van der Waals surface area contributed by atoms with E-state index in [1.54, 1.807) is 32.1 Å². The molecule has 0 amide bonds. The summed E-state index contributed by atoms with van der Waals surface area (Å²) in [6.07, 6.45) is 17.4. The predicted molar refractivity (Wildman–Crippen MR) is 110 cm³/mol. The normalized spacial score (nSPS) is 37.2. The Labute approximate surface area is 152 Å². The molecular formula is C23H42Si. The molecule has 5 unspecified atom stereocenters. The summed E-state index contributed by atoms with van der Waals surface area (Å²) < 4.78 is 0. The van der Waals surface area contributed by atoms with Crippen LogP contribution < -0.4 is 0 Å². The quantitative estimate of drug-likeness (QED) is 0.351. The van der Waals surface area contributed by atoms with Gasteiger partial charge in [0.15, 0.2) is 0 Å². The molecule has 0 saturated heterocycles. The van der Waals surface area contributed by atoms with Gasteiger partial charge in [-0.1, -0.05) is 84.4 Å². The molecule has 3 rings (SSSR count). The van der Waals surface area contributed by atoms with Gasteiger partial charge in [0, 0.05) is 0 Å². The van der Waals surface area contributed by atoms with Crippen molar-refractivity contribution in [1.82, 2.24) is 0 Å². The van der Waals surface area contributed by atoms with Crippen LogP contribution in [0.1, 0.15) is 85.0 Å². The lowest BCUT2D eigenvalue weighted by molar-refractivity contribution is 0.133. The van der Waals surface area contributed by atoms with Crippen molar-refractivity contribution >= 4 is 8.07 Å². The largest absolute Gasteiger partial charge is 0.103 e. The van der Waals surface area contributed by atoms with Gasteiger partial charge in [0.05, 0.1) is 8.07 Å². The van der Waals surface area contributed by atoms with Gasteiger partial charge in [0.2, 0.25) is 0 Å². The fourth-order valence-electron chi connectivity index (χ4n) is 7.26. The lowest BCUT2D eigenvalue weighted by Gasteiger charge is -2.44. The highest BCUT2D eigenvalue weighted by Gasteiger charge is 2.55. The summed E-state index contributed by atoms with van der Waals surface area (Å²) in [5.74, 6) is 3.13. The van der Waals surface area contributed by atoms with Crippen molar-refractivity contribution in [3.05, 3.63) is 12.7 Å². The van der Waals surface area contributed by atoms with Gasteiger partial charge in [0.25, 0.3) is 0 Å². The van der Waals surface area contributed by atoms with Crippen molar-refractivity contribution in [1.29, 1.82) is 0 Å². The highest BCUT2D eigenvalue weighted by atomic mass is 28.3. The zero-order valence-corrected chi connectivity index (χ0v) is 17.9. The number of fused-ring (bicyclic) bond motifs is 1. The third-order valence-corrected chi connectivity index (χ3v) is 14.7. The van der Waals surface area contributed by atoms with Crippen molar-refractivity contribution in [2.45, 2.75) is 109 Å². The maximum Gasteiger partial charge on any atom is 0.0573 e. The van der Waals surface area contributed by atoms with E-state index in [1.807, 2.05) is 0 Å². The molecular weight excluding hydrogens is 304 g/mol. The van der Waals surface area contributed by atoms with E-state index < -0.39 is 8.07 Å². The summed E-state index contributed by atoms with van der Waals surface area (Å²) in [7, 11) is -1.20. The maximum atomic E-state index is 4.07. The minimum Gasteiger partial charge on any atom is -0.103 e. The Kier molecular flexibility index (Phi) is 5.69. The SMILES string of the molecule is C=CCC[Si](C)(C1CCCC1)C1CC(C(C)(C)C)C2CCCCC21. The summed E-state index contributed by atoms with van der Waals surface area (Å²) in [5, 5.41) is 0. The second kappa shape index (κ2) is 7.29. The minimum atomic E-state index is -1.20. The van der Waals surface area contributed by atoms with E-state index in [0.29, 0.717) is 5.41 Å². The van der Waals surface area contributed by atoms with Gasteiger partial charge < -0.3 is 0 Å². The van der Waals surface area contributed by atoms with E-state index in [1.165, 1.54) is 38.1 Å². The van der Waals surface area contributed by atoms with E-state index >= 15 is 0 Å². The van der Waals surface area contributed by atoms with Crippen LogP contribution >= 0.6 is 0 Å². The van der Waals surface area contributed by atoms with Crippen LogP contribution in [0.3, 0.4) is 0 Å². The Bertz CT molecular complexity index is 428. The molecule has 3 fully saturated rings. The lowest BCUT2D eigenvalue weighted by Crippen LogP contribution is -2.43. The molecule has 3 aliphatic carbocycles. The van der Waals surface area contributed by atoms with E-state index in [4.69, 9.17) is 0 Å². The second-order valence-corrected chi connectivity index (χ2v) is 15.8. The zero-order chi connectivity index (χ0) is 17.4. The third-order valence-electron chi connectivity index (χ3n) is 8.55. The van der Waals surface area contributed by atoms with Crippen LogP contribution in [0.4, 0.5) is 0 Å². The van der Waals surface area contributed by atoms with E-state index in [9.17, 15) is 0 Å². The van der Waals surface area contributed by atoms with Crippen molar-refractivity contribution in [3.8, 4) is 0 Å². The fourth-order valence-corrected chi connectivity index (χ4v) is 13.4. The first-order valence-electron chi connectivity index (χ1n) is 11.0. The molecule has 0 heterocycles. The Morgan fingerprint density at radius 2 is 1.54 bits per heavy atom. The topological polar surface area (TPSA) is 0 Å². The summed E-state index contributed by atoms with van der Waals surface area (Å²) in [6.45, 7) is 14.5. The van der Waals surface area contributed by atoms with Crippen LogP contribution in [-0.4, -0.2) is 8.07 Å². The van der Waals surface area contributed by atoms with Gasteiger partial charge in [-0.15, -0.1) is 6.58 Å². The van der Waals surface area contributed by atoms with Crippen LogP contribution in [0.15, 0.2) is 12.7 Å².